The Kier molecular flexibility index (Phi) is 3.86. The maximum atomic E-state index is 11.3. The van der Waals surface area contributed by atoms with Crippen LogP contribution >= 0.6 is 11.6 Å². The summed E-state index contributed by atoms with van der Waals surface area (Å²) >= 11 is 6.01. The van der Waals surface area contributed by atoms with Crippen LogP contribution in [-0.4, -0.2) is 18.0 Å². The summed E-state index contributed by atoms with van der Waals surface area (Å²) in [6, 6.07) is 0. The second-order valence-corrected chi connectivity index (χ2v) is 3.72. The maximum absolute atomic E-state index is 11.3. The zero-order valence-corrected chi connectivity index (χ0v) is 8.14. The van der Waals surface area contributed by atoms with Crippen LogP contribution in [0, 0.1) is 5.92 Å². The van der Waals surface area contributed by atoms with Gasteiger partial charge in [0, 0.05) is 5.38 Å². The highest BCUT2D eigenvalue weighted by atomic mass is 35.5. The molecule has 0 amide bonds. The third-order valence-electron chi connectivity index (χ3n) is 2.27. The Bertz CT molecular complexity index is 159. The Morgan fingerprint density at radius 1 is 1.50 bits per heavy atom. The van der Waals surface area contributed by atoms with Gasteiger partial charge in [-0.2, -0.15) is 0 Å². The van der Waals surface area contributed by atoms with E-state index in [2.05, 4.69) is 0 Å². The van der Waals surface area contributed by atoms with E-state index in [1.807, 2.05) is 6.92 Å². The number of carbonyl (C=O) groups is 1. The average molecular weight is 191 g/mol. The molecule has 70 valence electrons. The summed E-state index contributed by atoms with van der Waals surface area (Å²) in [5, 5.41) is -0.00204. The van der Waals surface area contributed by atoms with E-state index >= 15 is 0 Å². The second kappa shape index (κ2) is 4.70. The Hall–Kier alpha value is -0.240. The molecule has 0 saturated heterocycles. The Morgan fingerprint density at radius 3 is 2.75 bits per heavy atom. The highest BCUT2D eigenvalue weighted by molar-refractivity contribution is 6.22. The first-order valence-electron chi connectivity index (χ1n) is 4.56. The average Bonchev–Trinajstić information content (AvgIpc) is 2.05. The molecule has 2 atom stereocenters. The minimum atomic E-state index is -0.114. The van der Waals surface area contributed by atoms with Gasteiger partial charge in [0.15, 0.2) is 0 Å². The van der Waals surface area contributed by atoms with Crippen LogP contribution in [0.5, 0.6) is 0 Å². The first-order valence-corrected chi connectivity index (χ1v) is 5.00. The third kappa shape index (κ3) is 2.37. The number of carbonyl (C=O) groups excluding carboxylic acids is 1. The highest BCUT2D eigenvalue weighted by Crippen LogP contribution is 2.29. The molecule has 0 unspecified atom stereocenters. The molecular weight excluding hydrogens is 176 g/mol. The smallest absolute Gasteiger partial charge is 0.310 e. The van der Waals surface area contributed by atoms with Gasteiger partial charge in [0.2, 0.25) is 0 Å². The van der Waals surface area contributed by atoms with Crippen LogP contribution in [0.2, 0.25) is 0 Å². The van der Waals surface area contributed by atoms with Crippen molar-refractivity contribution in [3.05, 3.63) is 0 Å². The Balaban J connectivity index is 2.42. The molecule has 0 aliphatic heterocycles. The summed E-state index contributed by atoms with van der Waals surface area (Å²) in [7, 11) is 0. The molecule has 12 heavy (non-hydrogen) atoms. The van der Waals surface area contributed by atoms with Gasteiger partial charge in [-0.05, 0) is 19.8 Å². The van der Waals surface area contributed by atoms with Gasteiger partial charge in [-0.3, -0.25) is 4.79 Å². The number of ether oxygens (including phenoxy) is 1. The van der Waals surface area contributed by atoms with E-state index in [-0.39, 0.29) is 17.3 Å². The summed E-state index contributed by atoms with van der Waals surface area (Å²) in [6.07, 6.45) is 4.09. The van der Waals surface area contributed by atoms with Crippen molar-refractivity contribution in [1.82, 2.24) is 0 Å². The molecule has 0 bridgehead atoms. The second-order valence-electron chi connectivity index (χ2n) is 3.16. The SMILES string of the molecule is CCOC(=O)[C@H]1CCCC[C@H]1Cl. The fourth-order valence-electron chi connectivity index (χ4n) is 1.60. The van der Waals surface area contributed by atoms with Gasteiger partial charge in [-0.25, -0.2) is 0 Å². The fraction of sp³-hybridized carbons (Fsp3) is 0.889. The van der Waals surface area contributed by atoms with E-state index in [0.29, 0.717) is 6.61 Å². The lowest BCUT2D eigenvalue weighted by Gasteiger charge is -2.24. The number of esters is 1. The molecule has 0 N–H and O–H groups in total. The third-order valence-corrected chi connectivity index (χ3v) is 2.79. The van der Waals surface area contributed by atoms with Crippen LogP contribution in [0.4, 0.5) is 0 Å². The molecule has 0 heterocycles. The molecule has 0 aromatic rings. The molecule has 1 rings (SSSR count). The van der Waals surface area contributed by atoms with Gasteiger partial charge in [-0.1, -0.05) is 12.8 Å². The van der Waals surface area contributed by atoms with Gasteiger partial charge in [0.05, 0.1) is 12.5 Å². The summed E-state index contributed by atoms with van der Waals surface area (Å²) in [6.45, 7) is 2.28. The predicted molar refractivity (Wildman–Crippen MR) is 48.2 cm³/mol. The van der Waals surface area contributed by atoms with Crippen LogP contribution < -0.4 is 0 Å². The Morgan fingerprint density at radius 2 is 2.17 bits per heavy atom. The molecule has 1 saturated carbocycles. The molecule has 0 spiro atoms. The van der Waals surface area contributed by atoms with Crippen molar-refractivity contribution in [2.45, 2.75) is 38.0 Å². The molecule has 0 aromatic heterocycles. The summed E-state index contributed by atoms with van der Waals surface area (Å²) in [5.41, 5.74) is 0. The molecule has 0 radical (unpaired) electrons. The van der Waals surface area contributed by atoms with Crippen LogP contribution in [0.1, 0.15) is 32.6 Å². The van der Waals surface area contributed by atoms with Gasteiger partial charge in [0.1, 0.15) is 0 Å². The van der Waals surface area contributed by atoms with Crippen molar-refractivity contribution in [3.8, 4) is 0 Å². The summed E-state index contributed by atoms with van der Waals surface area (Å²) in [5.74, 6) is -0.169. The number of halogens is 1. The van der Waals surface area contributed by atoms with Crippen molar-refractivity contribution in [2.24, 2.45) is 5.92 Å². The van der Waals surface area contributed by atoms with E-state index in [4.69, 9.17) is 16.3 Å². The highest BCUT2D eigenvalue weighted by Gasteiger charge is 2.30. The lowest BCUT2D eigenvalue weighted by Crippen LogP contribution is -2.29. The van der Waals surface area contributed by atoms with Crippen LogP contribution in [-0.2, 0) is 9.53 Å². The largest absolute Gasteiger partial charge is 0.466 e. The van der Waals surface area contributed by atoms with E-state index in [0.717, 1.165) is 25.7 Å². The number of hydrogen-bond donors (Lipinski definition) is 0. The van der Waals surface area contributed by atoms with Crippen LogP contribution in [0.15, 0.2) is 0 Å². The minimum Gasteiger partial charge on any atom is -0.466 e. The number of alkyl halides is 1. The molecule has 1 aliphatic carbocycles. The topological polar surface area (TPSA) is 26.3 Å². The zero-order valence-electron chi connectivity index (χ0n) is 7.38. The number of rotatable bonds is 2. The van der Waals surface area contributed by atoms with Crippen LogP contribution in [0.3, 0.4) is 0 Å². The van der Waals surface area contributed by atoms with Gasteiger partial charge in [0.25, 0.3) is 0 Å². The van der Waals surface area contributed by atoms with E-state index in [9.17, 15) is 4.79 Å². The van der Waals surface area contributed by atoms with Crippen molar-refractivity contribution < 1.29 is 9.53 Å². The van der Waals surface area contributed by atoms with Gasteiger partial charge < -0.3 is 4.74 Å². The quantitative estimate of drug-likeness (QED) is 0.494. The summed E-state index contributed by atoms with van der Waals surface area (Å²) in [4.78, 5) is 11.3. The van der Waals surface area contributed by atoms with Crippen molar-refractivity contribution in [3.63, 3.8) is 0 Å². The normalized spacial score (nSPS) is 29.8. The monoisotopic (exact) mass is 190 g/mol. The van der Waals surface area contributed by atoms with E-state index in [1.54, 1.807) is 0 Å². The van der Waals surface area contributed by atoms with E-state index < -0.39 is 0 Å². The van der Waals surface area contributed by atoms with E-state index in [1.165, 1.54) is 0 Å². The lowest BCUT2D eigenvalue weighted by atomic mass is 9.89. The first kappa shape index (κ1) is 9.85. The Labute approximate surface area is 78.2 Å². The molecular formula is C9H15ClO2. The number of hydrogen-bond acceptors (Lipinski definition) is 2. The van der Waals surface area contributed by atoms with Gasteiger partial charge in [-0.15, -0.1) is 11.6 Å². The molecule has 2 nitrogen and oxygen atoms in total. The van der Waals surface area contributed by atoms with Crippen molar-refractivity contribution >= 4 is 17.6 Å². The standard InChI is InChI=1S/C9H15ClO2/c1-2-12-9(11)7-5-3-4-6-8(7)10/h7-8H,2-6H2,1H3/t7-,8+/m0/s1. The van der Waals surface area contributed by atoms with Crippen molar-refractivity contribution in [2.75, 3.05) is 6.61 Å². The van der Waals surface area contributed by atoms with Gasteiger partial charge >= 0.3 is 5.97 Å². The predicted octanol–water partition coefficient (Wildman–Crippen LogP) is 2.35. The zero-order chi connectivity index (χ0) is 8.97. The van der Waals surface area contributed by atoms with Crippen LogP contribution in [0.25, 0.3) is 0 Å². The minimum absolute atomic E-state index is 0.00204. The maximum Gasteiger partial charge on any atom is 0.310 e. The molecule has 1 fully saturated rings. The first-order chi connectivity index (χ1) is 5.75. The lowest BCUT2D eigenvalue weighted by molar-refractivity contribution is -0.148. The molecule has 1 aliphatic rings. The summed E-state index contributed by atoms with van der Waals surface area (Å²) < 4.78 is 4.93. The fourth-order valence-corrected chi connectivity index (χ4v) is 1.98. The van der Waals surface area contributed by atoms with Crippen molar-refractivity contribution in [1.29, 1.82) is 0 Å². The molecule has 0 aromatic carbocycles. The molecule has 3 heteroatoms.